The van der Waals surface area contributed by atoms with Crippen molar-refractivity contribution in [1.29, 1.82) is 0 Å². The van der Waals surface area contributed by atoms with Crippen LogP contribution in [0.4, 0.5) is 30.6 Å². The van der Waals surface area contributed by atoms with Gasteiger partial charge in [-0.2, -0.15) is 23.3 Å². The van der Waals surface area contributed by atoms with Crippen LogP contribution >= 0.6 is 0 Å². The highest BCUT2D eigenvalue weighted by molar-refractivity contribution is 6.13. The second-order valence-electron chi connectivity index (χ2n) is 9.72. The number of aliphatic hydroxyl groups is 1. The number of aryl methyl sites for hydroxylation is 1. The summed E-state index contributed by atoms with van der Waals surface area (Å²) in [5, 5.41) is 17.0. The van der Waals surface area contributed by atoms with Crippen LogP contribution in [0.2, 0.25) is 0 Å². The zero-order valence-corrected chi connectivity index (χ0v) is 21.2. The molecule has 11 nitrogen and oxygen atoms in total. The molecule has 3 aliphatic rings. The number of rotatable bonds is 6. The summed E-state index contributed by atoms with van der Waals surface area (Å²) >= 11 is 0. The van der Waals surface area contributed by atoms with Gasteiger partial charge in [0, 0.05) is 38.5 Å². The summed E-state index contributed by atoms with van der Waals surface area (Å²) in [6, 6.07) is 4.10. The summed E-state index contributed by atoms with van der Waals surface area (Å²) in [4.78, 5) is 29.6. The Balaban J connectivity index is 1.18. The fraction of sp³-hybridized carbons (Fsp3) is 0.400. The Hall–Kier alpha value is -4.36. The molecule has 1 saturated carbocycles. The van der Waals surface area contributed by atoms with E-state index in [1.807, 2.05) is 0 Å². The first kappa shape index (κ1) is 24.9. The van der Waals surface area contributed by atoms with Gasteiger partial charge in [-0.3, -0.25) is 4.79 Å². The lowest BCUT2D eigenvalue weighted by molar-refractivity contribution is -0.141. The van der Waals surface area contributed by atoms with Crippen molar-refractivity contribution in [3.8, 4) is 11.8 Å². The van der Waals surface area contributed by atoms with E-state index in [0.717, 1.165) is 36.6 Å². The van der Waals surface area contributed by atoms with Crippen molar-refractivity contribution in [2.24, 2.45) is 0 Å². The van der Waals surface area contributed by atoms with Gasteiger partial charge >= 0.3 is 6.18 Å². The van der Waals surface area contributed by atoms with Gasteiger partial charge in [0.15, 0.2) is 11.5 Å². The lowest BCUT2D eigenvalue weighted by atomic mass is 10.0. The zero-order valence-electron chi connectivity index (χ0n) is 21.2. The van der Waals surface area contributed by atoms with Crippen molar-refractivity contribution in [2.45, 2.75) is 51.4 Å². The van der Waals surface area contributed by atoms with E-state index in [-0.39, 0.29) is 35.2 Å². The van der Waals surface area contributed by atoms with E-state index in [2.05, 4.69) is 25.4 Å². The third kappa shape index (κ3) is 4.59. The van der Waals surface area contributed by atoms with Crippen LogP contribution in [0.15, 0.2) is 35.9 Å². The molecule has 1 fully saturated rings. The summed E-state index contributed by atoms with van der Waals surface area (Å²) in [6.07, 6.45) is -0.0744. The summed E-state index contributed by atoms with van der Waals surface area (Å²) in [6.45, 7) is 2.31. The van der Waals surface area contributed by atoms with Crippen molar-refractivity contribution in [3.05, 3.63) is 52.8 Å². The summed E-state index contributed by atoms with van der Waals surface area (Å²) in [5.74, 6) is 0.666. The fourth-order valence-corrected chi connectivity index (χ4v) is 4.78. The quantitative estimate of drug-likeness (QED) is 0.346. The average Bonchev–Trinajstić information content (AvgIpc) is 3.65. The van der Waals surface area contributed by atoms with Crippen molar-refractivity contribution in [2.75, 3.05) is 28.7 Å². The van der Waals surface area contributed by atoms with Crippen LogP contribution in [0.3, 0.4) is 0 Å². The Morgan fingerprint density at radius 1 is 1.26 bits per heavy atom. The molecule has 0 radical (unpaired) electrons. The van der Waals surface area contributed by atoms with Gasteiger partial charge in [0.1, 0.15) is 17.1 Å². The lowest BCUT2D eigenvalue weighted by Crippen LogP contribution is -2.46. The molecule has 14 heteroatoms. The number of aliphatic hydroxyl groups excluding tert-OH is 1. The molecule has 5 heterocycles. The molecule has 1 aliphatic carbocycles. The molecular formula is C25H25F3N8O3. The van der Waals surface area contributed by atoms with Gasteiger partial charge in [-0.1, -0.05) is 6.07 Å². The van der Waals surface area contributed by atoms with Gasteiger partial charge < -0.3 is 25.0 Å². The van der Waals surface area contributed by atoms with E-state index in [1.165, 1.54) is 11.6 Å². The largest absolute Gasteiger partial charge is 0.510 e. The summed E-state index contributed by atoms with van der Waals surface area (Å²) in [5.41, 5.74) is 1.35. The number of aromatic nitrogens is 5. The van der Waals surface area contributed by atoms with E-state index < -0.39 is 11.9 Å². The van der Waals surface area contributed by atoms with Gasteiger partial charge in [-0.15, -0.1) is 0 Å². The molecule has 3 aromatic rings. The molecule has 3 aromatic heterocycles. The molecule has 204 valence electrons. The SMILES string of the molecule is C/C(O)=C1/C(=O)N2CCCc3nc(NCc4ccc(Oc5cc(C(F)(F)F)nn5C5CC5)nc4)nc(c32)N1C. The van der Waals surface area contributed by atoms with Gasteiger partial charge in [-0.05, 0) is 38.2 Å². The van der Waals surface area contributed by atoms with Crippen LogP contribution in [0.25, 0.3) is 0 Å². The highest BCUT2D eigenvalue weighted by Gasteiger charge is 2.40. The first-order valence-corrected chi connectivity index (χ1v) is 12.5. The first-order chi connectivity index (χ1) is 18.6. The summed E-state index contributed by atoms with van der Waals surface area (Å²) in [7, 11) is 1.68. The van der Waals surface area contributed by atoms with Crippen molar-refractivity contribution in [1.82, 2.24) is 24.7 Å². The predicted molar refractivity (Wildman–Crippen MR) is 134 cm³/mol. The second kappa shape index (κ2) is 9.13. The number of allylic oxidation sites excluding steroid dienone is 1. The van der Waals surface area contributed by atoms with Crippen LogP contribution in [-0.4, -0.2) is 49.3 Å². The Morgan fingerprint density at radius 3 is 2.72 bits per heavy atom. The van der Waals surface area contributed by atoms with Gasteiger partial charge in [-0.25, -0.2) is 14.6 Å². The van der Waals surface area contributed by atoms with Crippen LogP contribution in [0.1, 0.15) is 49.2 Å². The van der Waals surface area contributed by atoms with Crippen LogP contribution in [0, 0.1) is 0 Å². The smallest absolute Gasteiger partial charge is 0.435 e. The molecule has 0 atom stereocenters. The van der Waals surface area contributed by atoms with Gasteiger partial charge in [0.05, 0.1) is 11.7 Å². The molecular weight excluding hydrogens is 517 g/mol. The Kier molecular flexibility index (Phi) is 5.84. The molecule has 1 amide bonds. The minimum atomic E-state index is -4.56. The molecule has 0 bridgehead atoms. The van der Waals surface area contributed by atoms with Crippen molar-refractivity contribution in [3.63, 3.8) is 0 Å². The summed E-state index contributed by atoms with van der Waals surface area (Å²) < 4.78 is 46.3. The number of nitrogens with zero attached hydrogens (tertiary/aromatic N) is 7. The number of nitrogens with one attached hydrogen (secondary N) is 1. The minimum absolute atomic E-state index is 0.00260. The number of hydrogen-bond acceptors (Lipinski definition) is 9. The first-order valence-electron chi connectivity index (χ1n) is 12.5. The highest BCUT2D eigenvalue weighted by Crippen LogP contribution is 2.42. The normalized spacial score (nSPS) is 18.2. The number of likely N-dealkylation sites (N-methyl/N-ethyl adjacent to an activating group) is 1. The Labute approximate surface area is 220 Å². The van der Waals surface area contributed by atoms with E-state index in [1.54, 1.807) is 35.2 Å². The van der Waals surface area contributed by atoms with Gasteiger partial charge in [0.2, 0.25) is 17.7 Å². The zero-order chi connectivity index (χ0) is 27.5. The third-order valence-electron chi connectivity index (χ3n) is 6.79. The van der Waals surface area contributed by atoms with Crippen molar-refractivity contribution < 1.29 is 27.8 Å². The fourth-order valence-electron chi connectivity index (χ4n) is 4.78. The predicted octanol–water partition coefficient (Wildman–Crippen LogP) is 4.34. The number of anilines is 3. The third-order valence-corrected chi connectivity index (χ3v) is 6.79. The number of carbonyl (C=O) groups is 1. The van der Waals surface area contributed by atoms with E-state index >= 15 is 0 Å². The number of hydrogen-bond donors (Lipinski definition) is 2. The number of halogens is 3. The number of ether oxygens (including phenoxy) is 1. The van der Waals surface area contributed by atoms with Crippen LogP contribution in [-0.2, 0) is 23.9 Å². The number of carbonyl (C=O) groups excluding carboxylic acids is 1. The monoisotopic (exact) mass is 542 g/mol. The second-order valence-corrected chi connectivity index (χ2v) is 9.72. The minimum Gasteiger partial charge on any atom is -0.510 e. The number of alkyl halides is 3. The van der Waals surface area contributed by atoms with Crippen LogP contribution < -0.4 is 19.9 Å². The van der Waals surface area contributed by atoms with Crippen molar-refractivity contribution >= 4 is 23.4 Å². The molecule has 39 heavy (non-hydrogen) atoms. The molecule has 6 rings (SSSR count). The molecule has 0 unspecified atom stereocenters. The van der Waals surface area contributed by atoms with E-state index in [9.17, 15) is 23.1 Å². The number of pyridine rings is 1. The number of amides is 1. The average molecular weight is 543 g/mol. The maximum absolute atomic E-state index is 13.1. The molecule has 2 aliphatic heterocycles. The maximum Gasteiger partial charge on any atom is 0.435 e. The van der Waals surface area contributed by atoms with Gasteiger partial charge in [0.25, 0.3) is 5.91 Å². The Bertz CT molecular complexity index is 1480. The van der Waals surface area contributed by atoms with Crippen LogP contribution in [0.5, 0.6) is 11.8 Å². The maximum atomic E-state index is 13.1. The highest BCUT2D eigenvalue weighted by atomic mass is 19.4. The molecule has 2 N–H and O–H groups in total. The lowest BCUT2D eigenvalue weighted by Gasteiger charge is -2.39. The molecule has 0 aromatic carbocycles. The standard InChI is InChI=1S/C25H25F3N8O3/c1-13(37)20-23(38)35-9-3-4-16-21(35)22(34(20)2)32-24(31-16)30-12-14-5-8-18(29-11-14)39-19-10-17(25(26,27)28)33-36(19)15-6-7-15/h5,8,10-11,15,37H,3-4,6-7,9,12H2,1-2H3,(H,30,31,32)/b20-13+. The topological polar surface area (TPSA) is 122 Å². The Morgan fingerprint density at radius 2 is 2.05 bits per heavy atom. The van der Waals surface area contributed by atoms with E-state index in [0.29, 0.717) is 37.0 Å². The molecule has 0 spiro atoms. The molecule has 0 saturated heterocycles. The van der Waals surface area contributed by atoms with E-state index in [4.69, 9.17) is 4.74 Å².